The summed E-state index contributed by atoms with van der Waals surface area (Å²) in [6, 6.07) is 5.50. The number of benzene rings is 1. The van der Waals surface area contributed by atoms with Gasteiger partial charge < -0.3 is 4.74 Å². The van der Waals surface area contributed by atoms with Crippen LogP contribution in [0.5, 0.6) is 0 Å². The summed E-state index contributed by atoms with van der Waals surface area (Å²) in [7, 11) is 0. The predicted molar refractivity (Wildman–Crippen MR) is 58.2 cm³/mol. The number of hydrogen-bond acceptors (Lipinski definition) is 3. The van der Waals surface area contributed by atoms with Gasteiger partial charge in [0.05, 0.1) is 17.1 Å². The first kappa shape index (κ1) is 9.78. The van der Waals surface area contributed by atoms with Crippen LogP contribution in [0.1, 0.15) is 24.0 Å². The molecule has 0 aromatic heterocycles. The predicted octanol–water partition coefficient (Wildman–Crippen LogP) is 2.54. The van der Waals surface area contributed by atoms with Crippen molar-refractivity contribution in [3.63, 3.8) is 0 Å². The SMILES string of the molecule is Cc1cccc(C23CC(CO2)C3)c1[N+](=O)[O-]. The van der Waals surface area contributed by atoms with E-state index in [0.717, 1.165) is 30.6 Å². The molecular weight excluding hydrogens is 206 g/mol. The number of ether oxygens (including phenoxy) is 1. The number of para-hydroxylation sites is 1. The van der Waals surface area contributed by atoms with E-state index in [1.807, 2.05) is 12.1 Å². The minimum atomic E-state index is -0.348. The average Bonchev–Trinajstić information content (AvgIpc) is 2.74. The van der Waals surface area contributed by atoms with Crippen molar-refractivity contribution in [3.8, 4) is 0 Å². The molecule has 0 amide bonds. The van der Waals surface area contributed by atoms with Gasteiger partial charge in [-0.1, -0.05) is 12.1 Å². The van der Waals surface area contributed by atoms with Crippen molar-refractivity contribution >= 4 is 5.69 Å². The van der Waals surface area contributed by atoms with E-state index in [4.69, 9.17) is 4.74 Å². The zero-order valence-corrected chi connectivity index (χ0v) is 9.10. The summed E-state index contributed by atoms with van der Waals surface area (Å²) in [4.78, 5) is 10.8. The fourth-order valence-electron chi connectivity index (χ4n) is 2.95. The first-order chi connectivity index (χ1) is 7.62. The Balaban J connectivity index is 2.13. The number of nitrogens with zero attached hydrogens (tertiary/aromatic N) is 1. The van der Waals surface area contributed by atoms with Crippen LogP contribution in [0.4, 0.5) is 5.69 Å². The maximum atomic E-state index is 11.1. The molecule has 1 saturated carbocycles. The van der Waals surface area contributed by atoms with Gasteiger partial charge in [-0.05, 0) is 31.7 Å². The smallest absolute Gasteiger partial charge is 0.278 e. The van der Waals surface area contributed by atoms with Crippen molar-refractivity contribution in [1.82, 2.24) is 0 Å². The highest BCUT2D eigenvalue weighted by atomic mass is 16.6. The highest BCUT2D eigenvalue weighted by Gasteiger charge is 2.55. The molecule has 1 aromatic rings. The monoisotopic (exact) mass is 219 g/mol. The third kappa shape index (κ3) is 1.13. The van der Waals surface area contributed by atoms with Gasteiger partial charge in [0.1, 0.15) is 5.60 Å². The Labute approximate surface area is 93.4 Å². The van der Waals surface area contributed by atoms with E-state index in [9.17, 15) is 10.1 Å². The zero-order chi connectivity index (χ0) is 11.3. The van der Waals surface area contributed by atoms with Gasteiger partial charge in [-0.2, -0.15) is 0 Å². The van der Waals surface area contributed by atoms with Crippen LogP contribution in [0, 0.1) is 23.0 Å². The van der Waals surface area contributed by atoms with Gasteiger partial charge >= 0.3 is 0 Å². The van der Waals surface area contributed by atoms with Gasteiger partial charge in [0, 0.05) is 5.56 Å². The van der Waals surface area contributed by atoms with E-state index in [-0.39, 0.29) is 16.2 Å². The lowest BCUT2D eigenvalue weighted by Gasteiger charge is -2.36. The molecule has 2 heterocycles. The van der Waals surface area contributed by atoms with Crippen LogP contribution in [0.3, 0.4) is 0 Å². The molecule has 4 rings (SSSR count). The molecule has 0 atom stereocenters. The van der Waals surface area contributed by atoms with Gasteiger partial charge in [-0.3, -0.25) is 10.1 Å². The Bertz CT molecular complexity index is 458. The molecule has 4 nitrogen and oxygen atoms in total. The molecule has 1 aliphatic carbocycles. The van der Waals surface area contributed by atoms with Crippen LogP contribution < -0.4 is 0 Å². The number of rotatable bonds is 2. The number of nitro groups is 1. The van der Waals surface area contributed by atoms with E-state index in [2.05, 4.69) is 0 Å². The molecule has 3 fully saturated rings. The Morgan fingerprint density at radius 1 is 1.50 bits per heavy atom. The minimum Gasteiger partial charge on any atom is -0.370 e. The van der Waals surface area contributed by atoms with Crippen molar-refractivity contribution in [2.75, 3.05) is 6.61 Å². The number of hydrogen-bond donors (Lipinski definition) is 0. The lowest BCUT2D eigenvalue weighted by atomic mass is 9.70. The van der Waals surface area contributed by atoms with E-state index in [0.29, 0.717) is 5.92 Å². The van der Waals surface area contributed by atoms with E-state index in [1.165, 1.54) is 0 Å². The molecular formula is C12H13NO3. The number of nitro benzene ring substituents is 1. The molecule has 1 aromatic carbocycles. The van der Waals surface area contributed by atoms with Crippen molar-refractivity contribution < 1.29 is 9.66 Å². The molecule has 4 heteroatoms. The van der Waals surface area contributed by atoms with Gasteiger partial charge in [-0.15, -0.1) is 0 Å². The topological polar surface area (TPSA) is 52.4 Å². The van der Waals surface area contributed by atoms with Crippen LogP contribution >= 0.6 is 0 Å². The highest BCUT2D eigenvalue weighted by molar-refractivity contribution is 5.51. The third-order valence-corrected chi connectivity index (χ3v) is 3.74. The minimum absolute atomic E-state index is 0.239. The van der Waals surface area contributed by atoms with Crippen molar-refractivity contribution in [1.29, 1.82) is 0 Å². The van der Waals surface area contributed by atoms with E-state index >= 15 is 0 Å². The van der Waals surface area contributed by atoms with Gasteiger partial charge in [0.25, 0.3) is 5.69 Å². The number of fused-ring (bicyclic) bond motifs is 1. The van der Waals surface area contributed by atoms with Gasteiger partial charge in [0.15, 0.2) is 0 Å². The summed E-state index contributed by atoms with van der Waals surface area (Å²) in [5.74, 6) is 0.611. The summed E-state index contributed by atoms with van der Waals surface area (Å²) in [5, 5.41) is 11.1. The third-order valence-electron chi connectivity index (χ3n) is 3.74. The van der Waals surface area contributed by atoms with Crippen LogP contribution in [-0.2, 0) is 10.3 Å². The van der Waals surface area contributed by atoms with Crippen molar-refractivity contribution in [2.45, 2.75) is 25.4 Å². The summed E-state index contributed by atoms with van der Waals surface area (Å²) in [5.41, 5.74) is 1.38. The van der Waals surface area contributed by atoms with Crippen LogP contribution in [0.15, 0.2) is 18.2 Å². The fourth-order valence-corrected chi connectivity index (χ4v) is 2.95. The molecule has 2 bridgehead atoms. The second-order valence-corrected chi connectivity index (χ2v) is 4.81. The van der Waals surface area contributed by atoms with Crippen molar-refractivity contribution in [2.24, 2.45) is 5.92 Å². The molecule has 16 heavy (non-hydrogen) atoms. The van der Waals surface area contributed by atoms with Crippen LogP contribution in [0.2, 0.25) is 0 Å². The Kier molecular flexibility index (Phi) is 1.86. The quantitative estimate of drug-likeness (QED) is 0.567. The maximum Gasteiger partial charge on any atom is 0.278 e. The number of aryl methyl sites for hydroxylation is 1. The molecule has 2 saturated heterocycles. The summed E-state index contributed by atoms with van der Waals surface area (Å²) >= 11 is 0. The molecule has 0 radical (unpaired) electrons. The molecule has 84 valence electrons. The van der Waals surface area contributed by atoms with E-state index < -0.39 is 0 Å². The fraction of sp³-hybridized carbons (Fsp3) is 0.500. The molecule has 0 N–H and O–H groups in total. The highest BCUT2D eigenvalue weighted by Crippen LogP contribution is 2.57. The first-order valence-corrected chi connectivity index (χ1v) is 5.51. The van der Waals surface area contributed by atoms with Gasteiger partial charge in [0.2, 0.25) is 0 Å². The average molecular weight is 219 g/mol. The summed E-state index contributed by atoms with van der Waals surface area (Å²) in [6.07, 6.45) is 1.88. The molecule has 0 spiro atoms. The second-order valence-electron chi connectivity index (χ2n) is 4.81. The molecule has 2 aliphatic heterocycles. The summed E-state index contributed by atoms with van der Waals surface area (Å²) < 4.78 is 5.74. The second kappa shape index (κ2) is 3.04. The van der Waals surface area contributed by atoms with Crippen molar-refractivity contribution in [3.05, 3.63) is 39.4 Å². The normalized spacial score (nSPS) is 31.2. The lowest BCUT2D eigenvalue weighted by molar-refractivity contribution is -0.387. The Hall–Kier alpha value is -1.42. The maximum absolute atomic E-state index is 11.1. The van der Waals surface area contributed by atoms with E-state index in [1.54, 1.807) is 13.0 Å². The van der Waals surface area contributed by atoms with Crippen LogP contribution in [0.25, 0.3) is 0 Å². The standard InChI is InChI=1S/C12H13NO3/c1-8-3-2-4-10(11(8)13(14)15)12-5-9(6-12)7-16-12/h2-4,9H,5-7H2,1H3. The van der Waals surface area contributed by atoms with Gasteiger partial charge in [-0.25, -0.2) is 0 Å². The van der Waals surface area contributed by atoms with Crippen LogP contribution in [-0.4, -0.2) is 11.5 Å². The first-order valence-electron chi connectivity index (χ1n) is 5.51. The molecule has 3 aliphatic rings. The zero-order valence-electron chi connectivity index (χ0n) is 9.10. The lowest BCUT2D eigenvalue weighted by Crippen LogP contribution is -2.34. The molecule has 0 unspecified atom stereocenters. The largest absolute Gasteiger partial charge is 0.370 e. The Morgan fingerprint density at radius 3 is 2.81 bits per heavy atom. The Morgan fingerprint density at radius 2 is 2.25 bits per heavy atom. The summed E-state index contributed by atoms with van der Waals surface area (Å²) in [6.45, 7) is 2.54.